The molecule has 2 heterocycles. The Morgan fingerprint density at radius 1 is 0.614 bits per heavy atom. The van der Waals surface area contributed by atoms with Gasteiger partial charge in [-0.15, -0.1) is 0 Å². The smallest absolute Gasteiger partial charge is 0.145 e. The molecule has 2 aromatic heterocycles. The summed E-state index contributed by atoms with van der Waals surface area (Å²) in [7, 11) is 0. The first-order valence-corrected chi connectivity index (χ1v) is 15.3. The first-order valence-electron chi connectivity index (χ1n) is 15.3. The van der Waals surface area contributed by atoms with E-state index in [9.17, 15) is 0 Å². The lowest BCUT2D eigenvalue weighted by atomic mass is 9.78. The van der Waals surface area contributed by atoms with Crippen LogP contribution in [0.5, 0.6) is 0 Å². The number of fused-ring (bicyclic) bond motifs is 7. The van der Waals surface area contributed by atoms with Crippen molar-refractivity contribution in [2.75, 3.05) is 0 Å². The third-order valence-electron chi connectivity index (χ3n) is 9.25. The van der Waals surface area contributed by atoms with E-state index in [1.807, 2.05) is 0 Å². The van der Waals surface area contributed by atoms with Crippen LogP contribution in [0, 0.1) is 0 Å². The van der Waals surface area contributed by atoms with E-state index >= 15 is 0 Å². The zero-order valence-corrected chi connectivity index (χ0v) is 24.4. The molecule has 6 aromatic carbocycles. The molecule has 0 saturated carbocycles. The Balaban J connectivity index is 1.28. The lowest BCUT2D eigenvalue weighted by Crippen LogP contribution is -2.12. The predicted molar refractivity (Wildman–Crippen MR) is 182 cm³/mol. The van der Waals surface area contributed by atoms with Crippen molar-refractivity contribution in [3.8, 4) is 39.5 Å². The average molecular weight is 564 g/mol. The van der Waals surface area contributed by atoms with E-state index < -0.39 is 0 Å². The Hall–Kier alpha value is -5.54. The lowest BCUT2D eigenvalue weighted by Gasteiger charge is -2.28. The third kappa shape index (κ3) is 3.76. The van der Waals surface area contributed by atoms with E-state index in [1.54, 1.807) is 0 Å². The molecule has 3 heteroatoms. The van der Waals surface area contributed by atoms with Crippen molar-refractivity contribution in [2.24, 2.45) is 0 Å². The summed E-state index contributed by atoms with van der Waals surface area (Å²) in [5, 5.41) is 3.61. The van der Waals surface area contributed by atoms with E-state index in [1.165, 1.54) is 44.0 Å². The van der Waals surface area contributed by atoms with Crippen LogP contribution in [0.4, 0.5) is 0 Å². The van der Waals surface area contributed by atoms with Crippen molar-refractivity contribution in [3.63, 3.8) is 0 Å². The van der Waals surface area contributed by atoms with Crippen molar-refractivity contribution in [1.82, 2.24) is 14.5 Å². The number of nitrogens with zero attached hydrogens (tertiary/aromatic N) is 3. The van der Waals surface area contributed by atoms with Crippen molar-refractivity contribution < 1.29 is 0 Å². The van der Waals surface area contributed by atoms with Gasteiger partial charge in [0.25, 0.3) is 0 Å². The van der Waals surface area contributed by atoms with E-state index in [-0.39, 0.29) is 0 Å². The Morgan fingerprint density at radius 2 is 1.34 bits per heavy atom. The van der Waals surface area contributed by atoms with Gasteiger partial charge >= 0.3 is 0 Å². The Labute approximate surface area is 256 Å². The SMILES string of the molecule is CC1Cc2c(nc3c(ccc4ccccc43)c2-c2ccc(-c3nc4ccccc4n3-c3ccccc3)cc2)-c2ccccc21. The maximum Gasteiger partial charge on any atom is 0.145 e. The van der Waals surface area contributed by atoms with Gasteiger partial charge in [-0.05, 0) is 64.2 Å². The zero-order valence-electron chi connectivity index (χ0n) is 24.4. The summed E-state index contributed by atoms with van der Waals surface area (Å²) in [5.74, 6) is 1.36. The van der Waals surface area contributed by atoms with Crippen LogP contribution >= 0.6 is 0 Å². The van der Waals surface area contributed by atoms with Gasteiger partial charge < -0.3 is 0 Å². The largest absolute Gasteiger partial charge is 0.292 e. The molecular weight excluding hydrogens is 534 g/mol. The normalized spacial score (nSPS) is 14.2. The highest BCUT2D eigenvalue weighted by Crippen LogP contribution is 2.46. The Morgan fingerprint density at radius 3 is 2.23 bits per heavy atom. The van der Waals surface area contributed by atoms with E-state index in [2.05, 4.69) is 151 Å². The third-order valence-corrected chi connectivity index (χ3v) is 9.25. The van der Waals surface area contributed by atoms with Gasteiger partial charge in [0, 0.05) is 27.6 Å². The molecule has 3 nitrogen and oxygen atoms in total. The molecule has 0 bridgehead atoms. The van der Waals surface area contributed by atoms with E-state index in [4.69, 9.17) is 9.97 Å². The van der Waals surface area contributed by atoms with Gasteiger partial charge in [-0.1, -0.05) is 122 Å². The number of hydrogen-bond acceptors (Lipinski definition) is 2. The van der Waals surface area contributed by atoms with Gasteiger partial charge in [-0.3, -0.25) is 4.57 Å². The molecule has 208 valence electrons. The van der Waals surface area contributed by atoms with Crippen LogP contribution < -0.4 is 0 Å². The number of rotatable bonds is 3. The first-order chi connectivity index (χ1) is 21.7. The fourth-order valence-corrected chi connectivity index (χ4v) is 7.19. The second-order valence-corrected chi connectivity index (χ2v) is 11.9. The molecule has 0 spiro atoms. The van der Waals surface area contributed by atoms with Gasteiger partial charge in [0.2, 0.25) is 0 Å². The molecule has 0 N–H and O–H groups in total. The van der Waals surface area contributed by atoms with Crippen LogP contribution in [-0.4, -0.2) is 14.5 Å². The van der Waals surface area contributed by atoms with Crippen LogP contribution in [-0.2, 0) is 6.42 Å². The fraction of sp³-hybridized carbons (Fsp3) is 0.0732. The second kappa shape index (κ2) is 9.75. The highest BCUT2D eigenvalue weighted by Gasteiger charge is 2.27. The number of para-hydroxylation sites is 3. The van der Waals surface area contributed by atoms with Crippen LogP contribution in [0.2, 0.25) is 0 Å². The van der Waals surface area contributed by atoms with Crippen molar-refractivity contribution in [2.45, 2.75) is 19.3 Å². The molecule has 1 atom stereocenters. The molecule has 0 radical (unpaired) electrons. The molecule has 1 aliphatic rings. The molecule has 1 unspecified atom stereocenters. The van der Waals surface area contributed by atoms with E-state index in [0.717, 1.165) is 45.7 Å². The van der Waals surface area contributed by atoms with Gasteiger partial charge in [0.05, 0.1) is 22.2 Å². The van der Waals surface area contributed by atoms with Crippen LogP contribution in [0.25, 0.3) is 72.2 Å². The van der Waals surface area contributed by atoms with Crippen molar-refractivity contribution in [1.29, 1.82) is 0 Å². The van der Waals surface area contributed by atoms with Crippen molar-refractivity contribution in [3.05, 3.63) is 151 Å². The summed E-state index contributed by atoms with van der Waals surface area (Å²) < 4.78 is 2.26. The summed E-state index contributed by atoms with van der Waals surface area (Å²) in [4.78, 5) is 10.5. The summed E-state index contributed by atoms with van der Waals surface area (Å²) >= 11 is 0. The standard InChI is InChI=1S/C41H29N3/c1-26-25-35-38(34-24-23-27-11-5-6-15-32(27)39(34)43-40(35)33-16-8-7-14-31(26)33)28-19-21-29(22-20-28)41-42-36-17-9-10-18-37(36)44(41)30-12-3-2-4-13-30/h2-24,26H,25H2,1H3. The number of benzene rings is 6. The van der Waals surface area contributed by atoms with Crippen LogP contribution in [0.1, 0.15) is 24.0 Å². The molecule has 44 heavy (non-hydrogen) atoms. The number of hydrogen-bond donors (Lipinski definition) is 0. The van der Waals surface area contributed by atoms with Gasteiger partial charge in [-0.25, -0.2) is 9.97 Å². The molecular formula is C41H29N3. The Kier molecular flexibility index (Phi) is 5.54. The van der Waals surface area contributed by atoms with Gasteiger partial charge in [-0.2, -0.15) is 0 Å². The molecule has 0 saturated heterocycles. The molecule has 0 aliphatic heterocycles. The lowest BCUT2D eigenvalue weighted by molar-refractivity contribution is 0.747. The minimum Gasteiger partial charge on any atom is -0.292 e. The van der Waals surface area contributed by atoms with Gasteiger partial charge in [0.15, 0.2) is 0 Å². The topological polar surface area (TPSA) is 30.7 Å². The molecule has 0 amide bonds. The molecule has 1 aliphatic carbocycles. The van der Waals surface area contributed by atoms with Gasteiger partial charge in [0.1, 0.15) is 5.82 Å². The Bertz CT molecular complexity index is 2370. The molecule has 0 fully saturated rings. The number of pyridine rings is 1. The monoisotopic (exact) mass is 563 g/mol. The van der Waals surface area contributed by atoms with Crippen LogP contribution in [0.15, 0.2) is 140 Å². The maximum atomic E-state index is 5.43. The van der Waals surface area contributed by atoms with Crippen LogP contribution in [0.3, 0.4) is 0 Å². The number of imidazole rings is 1. The summed E-state index contributed by atoms with van der Waals surface area (Å²) in [5.41, 5.74) is 12.9. The zero-order chi connectivity index (χ0) is 29.2. The minimum absolute atomic E-state index is 0.419. The minimum atomic E-state index is 0.419. The summed E-state index contributed by atoms with van der Waals surface area (Å²) in [6.07, 6.45) is 0.961. The average Bonchev–Trinajstić information content (AvgIpc) is 3.48. The van der Waals surface area contributed by atoms with E-state index in [0.29, 0.717) is 5.92 Å². The highest BCUT2D eigenvalue weighted by molar-refractivity contribution is 6.12. The first kappa shape index (κ1) is 25.0. The quantitative estimate of drug-likeness (QED) is 0.200. The molecule has 8 aromatic rings. The maximum absolute atomic E-state index is 5.43. The second-order valence-electron chi connectivity index (χ2n) is 11.9. The summed E-state index contributed by atoms with van der Waals surface area (Å²) in [6, 6.07) is 49.8. The predicted octanol–water partition coefficient (Wildman–Crippen LogP) is 10.4. The fourth-order valence-electron chi connectivity index (χ4n) is 7.19. The highest BCUT2D eigenvalue weighted by atomic mass is 15.1. The number of aromatic nitrogens is 3. The summed E-state index contributed by atoms with van der Waals surface area (Å²) in [6.45, 7) is 2.34. The molecule has 9 rings (SSSR count). The van der Waals surface area contributed by atoms with Crippen molar-refractivity contribution >= 4 is 32.7 Å².